The summed E-state index contributed by atoms with van der Waals surface area (Å²) < 4.78 is 16.4. The Morgan fingerprint density at radius 3 is 3.04 bits per heavy atom. The predicted molar refractivity (Wildman–Crippen MR) is 87.6 cm³/mol. The summed E-state index contributed by atoms with van der Waals surface area (Å²) in [5.41, 5.74) is 1.40. The van der Waals surface area contributed by atoms with Crippen molar-refractivity contribution >= 4 is 5.82 Å². The van der Waals surface area contributed by atoms with Crippen LogP contribution in [0.2, 0.25) is 0 Å². The van der Waals surface area contributed by atoms with Crippen LogP contribution in [-0.4, -0.2) is 57.6 Å². The topological polar surface area (TPSA) is 108 Å². The zero-order valence-corrected chi connectivity index (χ0v) is 13.3. The maximum absolute atomic E-state index is 5.62. The van der Waals surface area contributed by atoms with Crippen LogP contribution in [0, 0.1) is 0 Å². The van der Waals surface area contributed by atoms with Crippen molar-refractivity contribution in [2.75, 3.05) is 31.7 Å². The zero-order chi connectivity index (χ0) is 16.9. The molecule has 0 bridgehead atoms. The largest absolute Gasteiger partial charge is 0.376 e. The predicted octanol–water partition coefficient (Wildman–Crippen LogP) is 1.42. The molecule has 1 fully saturated rings. The molecule has 9 nitrogen and oxygen atoms in total. The fraction of sp³-hybridized carbons (Fsp3) is 0.312. The Morgan fingerprint density at radius 2 is 2.20 bits per heavy atom. The smallest absolute Gasteiger partial charge is 0.263 e. The van der Waals surface area contributed by atoms with Crippen LogP contribution in [0.3, 0.4) is 0 Å². The van der Waals surface area contributed by atoms with Gasteiger partial charge in [-0.1, -0.05) is 5.16 Å². The Bertz CT molecular complexity index is 820. The molecule has 0 spiro atoms. The molecule has 1 saturated heterocycles. The summed E-state index contributed by atoms with van der Waals surface area (Å²) in [5, 5.41) is 7.23. The maximum atomic E-state index is 5.62. The molecule has 25 heavy (non-hydrogen) atoms. The standard InChI is InChI=1S/C16H16N6O3/c1-2-11(6-17-3-1)14-21-16(25-22-14)13-8-18-10-20-15(13)19-7-12-9-23-4-5-24-12/h1-3,6,8,10,12H,4-5,7,9H2,(H,18,19,20)/t12-/m0/s1. The third-order valence-electron chi connectivity index (χ3n) is 3.67. The molecule has 1 N–H and O–H groups in total. The molecule has 0 unspecified atom stereocenters. The highest BCUT2D eigenvalue weighted by Crippen LogP contribution is 2.26. The first-order valence-corrected chi connectivity index (χ1v) is 7.88. The molecule has 0 amide bonds. The highest BCUT2D eigenvalue weighted by atomic mass is 16.6. The van der Waals surface area contributed by atoms with Crippen molar-refractivity contribution < 1.29 is 14.0 Å². The number of aromatic nitrogens is 5. The molecule has 9 heteroatoms. The highest BCUT2D eigenvalue weighted by Gasteiger charge is 2.18. The minimum atomic E-state index is -0.0230. The van der Waals surface area contributed by atoms with Gasteiger partial charge in [-0.15, -0.1) is 0 Å². The Hall–Kier alpha value is -2.91. The van der Waals surface area contributed by atoms with Gasteiger partial charge in [-0.25, -0.2) is 9.97 Å². The lowest BCUT2D eigenvalue weighted by atomic mass is 10.2. The van der Waals surface area contributed by atoms with E-state index in [1.807, 2.05) is 12.1 Å². The van der Waals surface area contributed by atoms with Crippen molar-refractivity contribution in [2.45, 2.75) is 6.10 Å². The van der Waals surface area contributed by atoms with E-state index in [1.165, 1.54) is 6.33 Å². The average molecular weight is 340 g/mol. The van der Waals surface area contributed by atoms with Crippen LogP contribution in [0.15, 0.2) is 41.6 Å². The van der Waals surface area contributed by atoms with E-state index in [2.05, 4.69) is 30.4 Å². The van der Waals surface area contributed by atoms with Crippen LogP contribution in [-0.2, 0) is 9.47 Å². The minimum Gasteiger partial charge on any atom is -0.376 e. The molecular formula is C16H16N6O3. The van der Waals surface area contributed by atoms with Gasteiger partial charge in [0.15, 0.2) is 0 Å². The summed E-state index contributed by atoms with van der Waals surface area (Å²) in [4.78, 5) is 16.8. The first-order chi connectivity index (χ1) is 12.4. The molecule has 0 saturated carbocycles. The average Bonchev–Trinajstić information content (AvgIpc) is 3.18. The number of pyridine rings is 1. The molecular weight excluding hydrogens is 324 g/mol. The van der Waals surface area contributed by atoms with Gasteiger partial charge in [-0.2, -0.15) is 4.98 Å². The van der Waals surface area contributed by atoms with Crippen molar-refractivity contribution in [3.05, 3.63) is 37.1 Å². The summed E-state index contributed by atoms with van der Waals surface area (Å²) in [6.07, 6.45) is 6.44. The first kappa shape index (κ1) is 15.6. The molecule has 4 rings (SSSR count). The van der Waals surface area contributed by atoms with Crippen molar-refractivity contribution in [1.29, 1.82) is 0 Å². The summed E-state index contributed by atoms with van der Waals surface area (Å²) in [6.45, 7) is 2.35. The van der Waals surface area contributed by atoms with Crippen molar-refractivity contribution in [3.8, 4) is 22.8 Å². The molecule has 3 aromatic rings. The van der Waals surface area contributed by atoms with Crippen LogP contribution in [0.5, 0.6) is 0 Å². The second-order valence-corrected chi connectivity index (χ2v) is 5.40. The molecule has 128 valence electrons. The van der Waals surface area contributed by atoms with Gasteiger partial charge >= 0.3 is 0 Å². The highest BCUT2D eigenvalue weighted by molar-refractivity contribution is 5.69. The summed E-state index contributed by atoms with van der Waals surface area (Å²) in [7, 11) is 0. The molecule has 1 aliphatic heterocycles. The fourth-order valence-electron chi connectivity index (χ4n) is 2.44. The lowest BCUT2D eigenvalue weighted by molar-refractivity contribution is -0.0819. The van der Waals surface area contributed by atoms with Crippen molar-refractivity contribution in [2.24, 2.45) is 0 Å². The van der Waals surface area contributed by atoms with E-state index in [1.54, 1.807) is 18.6 Å². The van der Waals surface area contributed by atoms with Crippen LogP contribution >= 0.6 is 0 Å². The molecule has 4 heterocycles. The Balaban J connectivity index is 1.53. The van der Waals surface area contributed by atoms with Crippen molar-refractivity contribution in [1.82, 2.24) is 25.1 Å². The van der Waals surface area contributed by atoms with E-state index < -0.39 is 0 Å². The van der Waals surface area contributed by atoms with Gasteiger partial charge in [0.05, 0.1) is 25.9 Å². The number of hydrogen-bond donors (Lipinski definition) is 1. The quantitative estimate of drug-likeness (QED) is 0.737. The van der Waals surface area contributed by atoms with Crippen LogP contribution < -0.4 is 5.32 Å². The number of anilines is 1. The third-order valence-corrected chi connectivity index (χ3v) is 3.67. The SMILES string of the molecule is c1cncc(-c2noc(-c3cncnc3NC[C@H]3COCCO3)n2)c1. The lowest BCUT2D eigenvalue weighted by Gasteiger charge is -2.23. The number of rotatable bonds is 5. The molecule has 1 atom stereocenters. The Morgan fingerprint density at radius 1 is 1.20 bits per heavy atom. The normalized spacial score (nSPS) is 17.4. The minimum absolute atomic E-state index is 0.0230. The summed E-state index contributed by atoms with van der Waals surface area (Å²) in [5.74, 6) is 1.40. The van der Waals surface area contributed by atoms with Crippen LogP contribution in [0.25, 0.3) is 22.8 Å². The lowest BCUT2D eigenvalue weighted by Crippen LogP contribution is -2.34. The molecule has 0 radical (unpaired) electrons. The molecule has 0 aliphatic carbocycles. The van der Waals surface area contributed by atoms with Gasteiger partial charge < -0.3 is 19.3 Å². The van der Waals surface area contributed by atoms with Gasteiger partial charge in [0.25, 0.3) is 5.89 Å². The van der Waals surface area contributed by atoms with E-state index in [4.69, 9.17) is 14.0 Å². The molecule has 3 aromatic heterocycles. The summed E-state index contributed by atoms with van der Waals surface area (Å²) in [6, 6.07) is 3.68. The molecule has 1 aliphatic rings. The second-order valence-electron chi connectivity index (χ2n) is 5.40. The molecule has 0 aromatic carbocycles. The van der Waals surface area contributed by atoms with E-state index in [9.17, 15) is 0 Å². The van der Waals surface area contributed by atoms with Crippen LogP contribution in [0.4, 0.5) is 5.82 Å². The Kier molecular flexibility index (Phi) is 4.57. The number of ether oxygens (including phenoxy) is 2. The fourth-order valence-corrected chi connectivity index (χ4v) is 2.44. The first-order valence-electron chi connectivity index (χ1n) is 7.88. The van der Waals surface area contributed by atoms with E-state index >= 15 is 0 Å². The van der Waals surface area contributed by atoms with Gasteiger partial charge in [0.1, 0.15) is 17.7 Å². The zero-order valence-electron chi connectivity index (χ0n) is 13.3. The second kappa shape index (κ2) is 7.32. The van der Waals surface area contributed by atoms with Gasteiger partial charge in [0, 0.05) is 30.7 Å². The van der Waals surface area contributed by atoms with Crippen molar-refractivity contribution in [3.63, 3.8) is 0 Å². The van der Waals surface area contributed by atoms with Gasteiger partial charge in [-0.3, -0.25) is 4.98 Å². The summed E-state index contributed by atoms with van der Waals surface area (Å²) >= 11 is 0. The van der Waals surface area contributed by atoms with Crippen LogP contribution in [0.1, 0.15) is 0 Å². The van der Waals surface area contributed by atoms with E-state index in [0.29, 0.717) is 49.5 Å². The number of nitrogens with zero attached hydrogens (tertiary/aromatic N) is 5. The van der Waals surface area contributed by atoms with Gasteiger partial charge in [0.2, 0.25) is 5.82 Å². The third kappa shape index (κ3) is 3.62. The maximum Gasteiger partial charge on any atom is 0.263 e. The Labute approximate surface area is 143 Å². The van der Waals surface area contributed by atoms with E-state index in [-0.39, 0.29) is 6.10 Å². The monoisotopic (exact) mass is 340 g/mol. The number of nitrogens with one attached hydrogen (secondary N) is 1. The van der Waals surface area contributed by atoms with E-state index in [0.717, 1.165) is 5.56 Å². The van der Waals surface area contributed by atoms with Gasteiger partial charge in [-0.05, 0) is 12.1 Å². The number of hydrogen-bond acceptors (Lipinski definition) is 9.